The van der Waals surface area contributed by atoms with Gasteiger partial charge in [0.25, 0.3) is 0 Å². The standard InChI is InChI=1S/C20H31N6O7P/c1-6-29-17-14-16(23-20(21)24-17)26(9-22-14)18-11(4)15-13(32-18)8-31-34(28,33-15)25-12(5)19(27)30-7-10(2)3/h9-13,15,18H,6-8H2,1-5H3,(H,25,28)(H2,21,23,24)/t11-,12-,13+,15-,18+,34+/m0/s1. The number of nitrogens with one attached hydrogen (secondary N) is 1. The Morgan fingerprint density at radius 3 is 2.85 bits per heavy atom. The summed E-state index contributed by atoms with van der Waals surface area (Å²) >= 11 is 0. The SMILES string of the molecule is CCOc1nc(N)nc2c1ncn2[C@@H]1O[C@@H]2CO[P@](=O)(N[C@@H](C)C(=O)OCC(C)C)O[C@H]2[C@@H]1C. The van der Waals surface area contributed by atoms with Gasteiger partial charge >= 0.3 is 13.7 Å². The highest BCUT2D eigenvalue weighted by molar-refractivity contribution is 7.51. The zero-order valence-electron chi connectivity index (χ0n) is 19.8. The largest absolute Gasteiger partial charge is 0.476 e. The lowest BCUT2D eigenvalue weighted by Gasteiger charge is -2.33. The van der Waals surface area contributed by atoms with Gasteiger partial charge in [-0.3, -0.25) is 18.4 Å². The first-order valence-corrected chi connectivity index (χ1v) is 12.8. The zero-order valence-corrected chi connectivity index (χ0v) is 20.7. The Kier molecular flexibility index (Phi) is 7.11. The Morgan fingerprint density at radius 1 is 1.38 bits per heavy atom. The number of nitrogen functional groups attached to an aromatic ring is 1. The molecule has 4 rings (SSSR count). The first-order valence-electron chi connectivity index (χ1n) is 11.3. The summed E-state index contributed by atoms with van der Waals surface area (Å²) in [6, 6.07) is -0.871. The molecular weight excluding hydrogens is 467 g/mol. The van der Waals surface area contributed by atoms with Crippen molar-refractivity contribution in [2.75, 3.05) is 25.6 Å². The summed E-state index contributed by atoms with van der Waals surface area (Å²) in [6.45, 7) is 9.85. The van der Waals surface area contributed by atoms with E-state index in [0.29, 0.717) is 23.7 Å². The van der Waals surface area contributed by atoms with Crippen molar-refractivity contribution in [3.05, 3.63) is 6.33 Å². The monoisotopic (exact) mass is 498 g/mol. The number of imidazole rings is 1. The molecule has 0 spiro atoms. The molecule has 6 atom stereocenters. The van der Waals surface area contributed by atoms with Gasteiger partial charge in [0.05, 0.1) is 26.1 Å². The first kappa shape index (κ1) is 24.8. The molecule has 2 aliphatic rings. The molecule has 0 unspecified atom stereocenters. The molecule has 0 aliphatic carbocycles. The number of nitrogens with two attached hydrogens (primary N) is 1. The molecule has 0 saturated carbocycles. The number of rotatable bonds is 8. The summed E-state index contributed by atoms with van der Waals surface area (Å²) in [7, 11) is -3.78. The smallest absolute Gasteiger partial charge is 0.406 e. The lowest BCUT2D eigenvalue weighted by atomic mass is 10.0. The van der Waals surface area contributed by atoms with E-state index in [9.17, 15) is 9.36 Å². The lowest BCUT2D eigenvalue weighted by Crippen LogP contribution is -2.42. The van der Waals surface area contributed by atoms with Gasteiger partial charge in [-0.15, -0.1) is 0 Å². The van der Waals surface area contributed by atoms with Crippen LogP contribution in [-0.2, 0) is 27.9 Å². The van der Waals surface area contributed by atoms with E-state index in [-0.39, 0.29) is 31.0 Å². The predicted molar refractivity (Wildman–Crippen MR) is 121 cm³/mol. The van der Waals surface area contributed by atoms with E-state index in [4.69, 9.17) is 29.0 Å². The van der Waals surface area contributed by atoms with Crippen LogP contribution in [0.1, 0.15) is 40.8 Å². The van der Waals surface area contributed by atoms with Gasteiger partial charge in [0.15, 0.2) is 11.2 Å². The maximum absolute atomic E-state index is 13.2. The number of hydrogen-bond acceptors (Lipinski definition) is 11. The second kappa shape index (κ2) is 9.74. The van der Waals surface area contributed by atoms with E-state index in [1.807, 2.05) is 27.7 Å². The van der Waals surface area contributed by atoms with Crippen molar-refractivity contribution in [1.82, 2.24) is 24.6 Å². The van der Waals surface area contributed by atoms with Crippen molar-refractivity contribution in [1.29, 1.82) is 0 Å². The van der Waals surface area contributed by atoms with Crippen LogP contribution in [0.3, 0.4) is 0 Å². The van der Waals surface area contributed by atoms with E-state index in [2.05, 4.69) is 20.0 Å². The molecule has 2 aromatic heterocycles. The van der Waals surface area contributed by atoms with Crippen LogP contribution in [-0.4, -0.2) is 63.6 Å². The quantitative estimate of drug-likeness (QED) is 0.403. The number of esters is 1. The van der Waals surface area contributed by atoms with Crippen molar-refractivity contribution in [3.63, 3.8) is 0 Å². The maximum atomic E-state index is 13.2. The van der Waals surface area contributed by atoms with Crippen molar-refractivity contribution >= 4 is 30.8 Å². The highest BCUT2D eigenvalue weighted by Gasteiger charge is 2.52. The Labute approximate surface area is 197 Å². The van der Waals surface area contributed by atoms with Gasteiger partial charge in [0, 0.05) is 5.92 Å². The molecular formula is C20H31N6O7P. The van der Waals surface area contributed by atoms with Crippen LogP contribution < -0.4 is 15.6 Å². The summed E-state index contributed by atoms with van der Waals surface area (Å²) < 4.78 is 43.2. The second-order valence-electron chi connectivity index (χ2n) is 8.81. The number of nitrogens with zero attached hydrogens (tertiary/aromatic N) is 4. The van der Waals surface area contributed by atoms with Gasteiger partial charge in [0.1, 0.15) is 24.5 Å². The van der Waals surface area contributed by atoms with Crippen molar-refractivity contribution in [2.45, 2.75) is 59.1 Å². The van der Waals surface area contributed by atoms with Crippen LogP contribution >= 0.6 is 7.75 Å². The molecule has 2 aliphatic heterocycles. The average Bonchev–Trinajstić information content (AvgIpc) is 3.32. The van der Waals surface area contributed by atoms with Crippen LogP contribution in [0, 0.1) is 11.8 Å². The summed E-state index contributed by atoms with van der Waals surface area (Å²) in [5.41, 5.74) is 6.78. The molecule has 34 heavy (non-hydrogen) atoms. The average molecular weight is 498 g/mol. The zero-order chi connectivity index (χ0) is 24.6. The molecule has 2 fully saturated rings. The third-order valence-corrected chi connectivity index (χ3v) is 7.26. The predicted octanol–water partition coefficient (Wildman–Crippen LogP) is 2.04. The fourth-order valence-electron chi connectivity index (χ4n) is 3.92. The number of anilines is 1. The fraction of sp³-hybridized carbons (Fsp3) is 0.700. The normalized spacial score (nSPS) is 29.8. The van der Waals surface area contributed by atoms with E-state index >= 15 is 0 Å². The minimum absolute atomic E-state index is 0.0253. The van der Waals surface area contributed by atoms with Gasteiger partial charge < -0.3 is 19.9 Å². The van der Waals surface area contributed by atoms with Crippen LogP contribution in [0.5, 0.6) is 5.88 Å². The molecule has 13 nitrogen and oxygen atoms in total. The van der Waals surface area contributed by atoms with Gasteiger partial charge in [-0.25, -0.2) is 14.6 Å². The van der Waals surface area contributed by atoms with Crippen LogP contribution in [0.2, 0.25) is 0 Å². The number of aromatic nitrogens is 4. The minimum Gasteiger partial charge on any atom is -0.476 e. The first-order chi connectivity index (χ1) is 16.1. The highest BCUT2D eigenvalue weighted by atomic mass is 31.2. The molecule has 0 radical (unpaired) electrons. The maximum Gasteiger partial charge on any atom is 0.406 e. The van der Waals surface area contributed by atoms with E-state index < -0.39 is 38.2 Å². The van der Waals surface area contributed by atoms with E-state index in [1.165, 1.54) is 0 Å². The Bertz CT molecular complexity index is 1090. The topological polar surface area (TPSA) is 162 Å². The molecule has 3 N–H and O–H groups in total. The number of fused-ring (bicyclic) bond motifs is 2. The van der Waals surface area contributed by atoms with Gasteiger partial charge in [0.2, 0.25) is 11.8 Å². The Hall–Kier alpha value is -2.31. The number of ether oxygens (including phenoxy) is 3. The minimum atomic E-state index is -3.78. The molecule has 4 heterocycles. The van der Waals surface area contributed by atoms with E-state index in [1.54, 1.807) is 17.8 Å². The van der Waals surface area contributed by atoms with Crippen molar-refractivity contribution < 1.29 is 32.6 Å². The van der Waals surface area contributed by atoms with Crippen LogP contribution in [0.15, 0.2) is 6.33 Å². The molecule has 0 bridgehead atoms. The molecule has 0 aromatic carbocycles. The fourth-order valence-corrected chi connectivity index (χ4v) is 5.69. The van der Waals surface area contributed by atoms with Gasteiger partial charge in [-0.2, -0.15) is 9.97 Å². The summed E-state index contributed by atoms with van der Waals surface area (Å²) in [6.07, 6.45) is 0.00655. The Balaban J connectivity index is 1.49. The number of hydrogen-bond donors (Lipinski definition) is 2. The summed E-state index contributed by atoms with van der Waals surface area (Å²) in [5.74, 6) is -0.255. The third kappa shape index (κ3) is 4.89. The molecule has 0 amide bonds. The third-order valence-electron chi connectivity index (χ3n) is 5.54. The molecule has 14 heteroatoms. The van der Waals surface area contributed by atoms with Crippen LogP contribution in [0.4, 0.5) is 5.95 Å². The van der Waals surface area contributed by atoms with Crippen molar-refractivity contribution in [3.8, 4) is 5.88 Å². The lowest BCUT2D eigenvalue weighted by molar-refractivity contribution is -0.146. The number of carbonyl (C=O) groups excluding carboxylic acids is 1. The second-order valence-corrected chi connectivity index (χ2v) is 10.5. The van der Waals surface area contributed by atoms with Crippen molar-refractivity contribution in [2.24, 2.45) is 11.8 Å². The molecule has 188 valence electrons. The number of carbonyl (C=O) groups is 1. The molecule has 2 saturated heterocycles. The van der Waals surface area contributed by atoms with Gasteiger partial charge in [-0.1, -0.05) is 20.8 Å². The molecule has 2 aromatic rings. The Morgan fingerprint density at radius 2 is 2.15 bits per heavy atom. The highest BCUT2D eigenvalue weighted by Crippen LogP contribution is 2.54. The van der Waals surface area contributed by atoms with Crippen LogP contribution in [0.25, 0.3) is 11.2 Å². The summed E-state index contributed by atoms with van der Waals surface area (Å²) in [5, 5.41) is 2.67. The van der Waals surface area contributed by atoms with Gasteiger partial charge in [-0.05, 0) is 19.8 Å². The van der Waals surface area contributed by atoms with E-state index in [0.717, 1.165) is 0 Å². The summed E-state index contributed by atoms with van der Waals surface area (Å²) in [4.78, 5) is 25.0.